The Morgan fingerprint density at radius 1 is 1.00 bits per heavy atom. The standard InChI is InChI=1S/C28H34N2O7/c1-4-5-6-15-24(27(33)34)30(2)26(32)23(16-25(31)36-3)29-28(35)37-17-22-20-13-9-7-11-18(20)19-12-8-10-14-21(19)22/h7-14,22-24H,4-6,15-17H2,1-3H3,(H,29,35)(H,33,34)/t23-,24-/m0/s1. The van der Waals surface area contributed by atoms with Crippen molar-refractivity contribution in [3.05, 3.63) is 59.7 Å². The van der Waals surface area contributed by atoms with E-state index in [4.69, 9.17) is 4.74 Å². The van der Waals surface area contributed by atoms with E-state index in [1.807, 2.05) is 55.5 Å². The highest BCUT2D eigenvalue weighted by atomic mass is 16.5. The van der Waals surface area contributed by atoms with Crippen LogP contribution in [0.5, 0.6) is 0 Å². The molecule has 9 nitrogen and oxygen atoms in total. The predicted octanol–water partition coefficient (Wildman–Crippen LogP) is 3.95. The molecule has 0 aliphatic heterocycles. The summed E-state index contributed by atoms with van der Waals surface area (Å²) in [5, 5.41) is 12.1. The number of hydrogen-bond donors (Lipinski definition) is 2. The van der Waals surface area contributed by atoms with Crippen molar-refractivity contribution in [3.8, 4) is 11.1 Å². The van der Waals surface area contributed by atoms with Crippen LogP contribution < -0.4 is 5.32 Å². The maximum atomic E-state index is 13.2. The average molecular weight is 511 g/mol. The van der Waals surface area contributed by atoms with Gasteiger partial charge in [-0.2, -0.15) is 0 Å². The molecule has 0 saturated heterocycles. The lowest BCUT2D eigenvalue weighted by molar-refractivity contribution is -0.151. The summed E-state index contributed by atoms with van der Waals surface area (Å²) in [4.78, 5) is 50.8. The number of carboxylic acid groups (broad SMARTS) is 1. The number of carboxylic acids is 1. The molecule has 0 saturated carbocycles. The quantitative estimate of drug-likeness (QED) is 0.327. The third-order valence-corrected chi connectivity index (χ3v) is 6.71. The van der Waals surface area contributed by atoms with Gasteiger partial charge in [0.1, 0.15) is 18.7 Å². The summed E-state index contributed by atoms with van der Waals surface area (Å²) in [6, 6.07) is 13.4. The van der Waals surface area contributed by atoms with Crippen molar-refractivity contribution in [1.29, 1.82) is 0 Å². The molecule has 2 aromatic rings. The summed E-state index contributed by atoms with van der Waals surface area (Å²) in [7, 11) is 2.53. The number of unbranched alkanes of at least 4 members (excludes halogenated alkanes) is 2. The third kappa shape index (κ3) is 6.67. The molecule has 0 aromatic heterocycles. The number of rotatable bonds is 12. The molecule has 9 heteroatoms. The fourth-order valence-corrected chi connectivity index (χ4v) is 4.70. The lowest BCUT2D eigenvalue weighted by Gasteiger charge is -2.29. The van der Waals surface area contributed by atoms with E-state index in [2.05, 4.69) is 10.1 Å². The van der Waals surface area contributed by atoms with E-state index in [1.54, 1.807) is 0 Å². The smallest absolute Gasteiger partial charge is 0.407 e. The molecule has 2 amide bonds. The van der Waals surface area contributed by atoms with Crippen LogP contribution in [0.25, 0.3) is 11.1 Å². The number of nitrogens with zero attached hydrogens (tertiary/aromatic N) is 1. The SMILES string of the molecule is CCCCC[C@@H](C(=O)O)N(C)C(=O)[C@H](CC(=O)OC)NC(=O)OCC1c2ccccc2-c2ccccc21. The summed E-state index contributed by atoms with van der Waals surface area (Å²) in [5.74, 6) is -2.75. The molecule has 0 bridgehead atoms. The van der Waals surface area contributed by atoms with Gasteiger partial charge in [0.05, 0.1) is 13.5 Å². The molecule has 37 heavy (non-hydrogen) atoms. The molecule has 0 heterocycles. The highest BCUT2D eigenvalue weighted by Gasteiger charge is 2.34. The minimum Gasteiger partial charge on any atom is -0.480 e. The zero-order valence-electron chi connectivity index (χ0n) is 21.4. The zero-order valence-corrected chi connectivity index (χ0v) is 21.4. The highest BCUT2D eigenvalue weighted by Crippen LogP contribution is 2.44. The Bertz CT molecular complexity index is 1090. The number of fused-ring (bicyclic) bond motifs is 3. The first-order valence-corrected chi connectivity index (χ1v) is 12.5. The second-order valence-electron chi connectivity index (χ2n) is 9.10. The van der Waals surface area contributed by atoms with E-state index in [9.17, 15) is 24.3 Å². The number of amides is 2. The van der Waals surface area contributed by atoms with Crippen LogP contribution in [0, 0.1) is 0 Å². The van der Waals surface area contributed by atoms with Gasteiger partial charge in [-0.3, -0.25) is 9.59 Å². The third-order valence-electron chi connectivity index (χ3n) is 6.71. The topological polar surface area (TPSA) is 122 Å². The van der Waals surface area contributed by atoms with Gasteiger partial charge in [-0.1, -0.05) is 74.7 Å². The molecule has 2 atom stereocenters. The van der Waals surface area contributed by atoms with Crippen molar-refractivity contribution in [1.82, 2.24) is 10.2 Å². The first-order valence-electron chi connectivity index (χ1n) is 12.5. The van der Waals surface area contributed by atoms with Gasteiger partial charge in [-0.15, -0.1) is 0 Å². The van der Waals surface area contributed by atoms with Crippen molar-refractivity contribution in [3.63, 3.8) is 0 Å². The number of carbonyl (C=O) groups excluding carboxylic acids is 3. The molecule has 2 aromatic carbocycles. The number of ether oxygens (including phenoxy) is 2. The van der Waals surface area contributed by atoms with Gasteiger partial charge in [-0.05, 0) is 28.7 Å². The molecule has 2 N–H and O–H groups in total. The van der Waals surface area contributed by atoms with Gasteiger partial charge in [0.2, 0.25) is 5.91 Å². The molecule has 0 spiro atoms. The van der Waals surface area contributed by atoms with Crippen molar-refractivity contribution in [2.75, 3.05) is 20.8 Å². The van der Waals surface area contributed by atoms with Gasteiger partial charge in [-0.25, -0.2) is 9.59 Å². The van der Waals surface area contributed by atoms with E-state index >= 15 is 0 Å². The van der Waals surface area contributed by atoms with E-state index in [-0.39, 0.29) is 18.9 Å². The fourth-order valence-electron chi connectivity index (χ4n) is 4.70. The molecule has 0 fully saturated rings. The normalized spacial score (nSPS) is 13.6. The number of nitrogens with one attached hydrogen (secondary N) is 1. The summed E-state index contributed by atoms with van der Waals surface area (Å²) in [6.45, 7) is 2.03. The van der Waals surface area contributed by atoms with Crippen molar-refractivity contribution >= 4 is 23.9 Å². The average Bonchev–Trinajstić information content (AvgIpc) is 3.22. The summed E-state index contributed by atoms with van der Waals surface area (Å²) in [5.41, 5.74) is 4.23. The van der Waals surface area contributed by atoms with Gasteiger partial charge >= 0.3 is 18.0 Å². The highest BCUT2D eigenvalue weighted by molar-refractivity contribution is 5.92. The Balaban J connectivity index is 1.70. The number of benzene rings is 2. The van der Waals surface area contributed by atoms with Crippen LogP contribution in [-0.4, -0.2) is 66.8 Å². The Morgan fingerprint density at radius 2 is 1.59 bits per heavy atom. The number of esters is 1. The van der Waals surface area contributed by atoms with Crippen molar-refractivity contribution < 1.29 is 33.8 Å². The van der Waals surface area contributed by atoms with Crippen LogP contribution >= 0.6 is 0 Å². The molecule has 0 radical (unpaired) electrons. The van der Waals surface area contributed by atoms with Gasteiger partial charge < -0.3 is 24.8 Å². The van der Waals surface area contributed by atoms with E-state index in [0.29, 0.717) is 6.42 Å². The molecular formula is C28H34N2O7. The summed E-state index contributed by atoms with van der Waals surface area (Å²) < 4.78 is 10.2. The van der Waals surface area contributed by atoms with E-state index in [1.165, 1.54) is 14.2 Å². The maximum absolute atomic E-state index is 13.2. The Labute approximate surface area is 216 Å². The Kier molecular flexibility index (Phi) is 9.65. The first kappa shape index (κ1) is 27.7. The fraction of sp³-hybridized carbons (Fsp3) is 0.429. The van der Waals surface area contributed by atoms with Crippen LogP contribution in [0.3, 0.4) is 0 Å². The molecule has 0 unspecified atom stereocenters. The number of alkyl carbamates (subject to hydrolysis) is 1. The molecule has 3 rings (SSSR count). The van der Waals surface area contributed by atoms with Gasteiger partial charge in [0.15, 0.2) is 0 Å². The van der Waals surface area contributed by atoms with E-state index in [0.717, 1.165) is 40.0 Å². The lowest BCUT2D eigenvalue weighted by Crippen LogP contribution is -2.53. The number of methoxy groups -OCH3 is 1. The van der Waals surface area contributed by atoms with Crippen LogP contribution in [0.15, 0.2) is 48.5 Å². The number of hydrogen-bond acceptors (Lipinski definition) is 6. The largest absolute Gasteiger partial charge is 0.480 e. The predicted molar refractivity (Wildman–Crippen MR) is 137 cm³/mol. The molecule has 1 aliphatic rings. The summed E-state index contributed by atoms with van der Waals surface area (Å²) in [6.07, 6.45) is 1.29. The monoisotopic (exact) mass is 510 g/mol. The number of aliphatic carboxylic acids is 1. The summed E-state index contributed by atoms with van der Waals surface area (Å²) >= 11 is 0. The Morgan fingerprint density at radius 3 is 2.14 bits per heavy atom. The first-order chi connectivity index (χ1) is 17.8. The minimum absolute atomic E-state index is 0.0314. The van der Waals surface area contributed by atoms with Crippen LogP contribution in [0.1, 0.15) is 56.1 Å². The molecular weight excluding hydrogens is 476 g/mol. The zero-order chi connectivity index (χ0) is 26.9. The van der Waals surface area contributed by atoms with Crippen LogP contribution in [-0.2, 0) is 23.9 Å². The number of carbonyl (C=O) groups is 4. The van der Waals surface area contributed by atoms with Crippen molar-refractivity contribution in [2.24, 2.45) is 0 Å². The van der Waals surface area contributed by atoms with Crippen molar-refractivity contribution in [2.45, 2.75) is 57.0 Å². The molecule has 198 valence electrons. The molecule has 1 aliphatic carbocycles. The number of likely N-dealkylation sites (N-methyl/N-ethyl adjacent to an activating group) is 1. The minimum atomic E-state index is -1.33. The maximum Gasteiger partial charge on any atom is 0.407 e. The van der Waals surface area contributed by atoms with Gasteiger partial charge in [0.25, 0.3) is 0 Å². The second-order valence-corrected chi connectivity index (χ2v) is 9.10. The van der Waals surface area contributed by atoms with Gasteiger partial charge in [0, 0.05) is 13.0 Å². The van der Waals surface area contributed by atoms with Crippen LogP contribution in [0.2, 0.25) is 0 Å². The van der Waals surface area contributed by atoms with Crippen LogP contribution in [0.4, 0.5) is 4.79 Å². The second kappa shape index (κ2) is 12.9. The Hall–Kier alpha value is -3.88. The lowest BCUT2D eigenvalue weighted by atomic mass is 9.98. The van der Waals surface area contributed by atoms with E-state index < -0.39 is 42.4 Å².